The highest BCUT2D eigenvalue weighted by atomic mass is 16.5. The van der Waals surface area contributed by atoms with E-state index in [-0.39, 0.29) is 11.9 Å². The van der Waals surface area contributed by atoms with Crippen molar-refractivity contribution in [2.45, 2.75) is 39.5 Å². The lowest BCUT2D eigenvalue weighted by molar-refractivity contribution is -0.141. The van der Waals surface area contributed by atoms with Crippen LogP contribution in [0.25, 0.3) is 0 Å². The van der Waals surface area contributed by atoms with Crippen LogP contribution in [-0.4, -0.2) is 12.6 Å². The van der Waals surface area contributed by atoms with Crippen LogP contribution in [0.2, 0.25) is 0 Å². The van der Waals surface area contributed by atoms with Gasteiger partial charge in [0.25, 0.3) is 0 Å². The number of unbranched alkanes of at least 4 members (excludes halogenated alkanes) is 2. The van der Waals surface area contributed by atoms with E-state index in [9.17, 15) is 4.79 Å². The molecule has 1 aliphatic rings. The Hall–Kier alpha value is -0.530. The van der Waals surface area contributed by atoms with E-state index in [0.717, 1.165) is 6.42 Å². The standard InChI is InChI=1S/C10H18O2/c1-3-4-5-6-9-8(2)7-12-10(9)11/h8-9H,3-7H2,1-2H3. The monoisotopic (exact) mass is 170 g/mol. The van der Waals surface area contributed by atoms with Crippen molar-refractivity contribution >= 4 is 5.97 Å². The molecule has 1 fully saturated rings. The van der Waals surface area contributed by atoms with Gasteiger partial charge in [-0.25, -0.2) is 0 Å². The Morgan fingerprint density at radius 3 is 2.75 bits per heavy atom. The van der Waals surface area contributed by atoms with Gasteiger partial charge in [0.05, 0.1) is 12.5 Å². The maximum absolute atomic E-state index is 11.2. The fourth-order valence-corrected chi connectivity index (χ4v) is 1.69. The molecular formula is C10H18O2. The van der Waals surface area contributed by atoms with Gasteiger partial charge in [-0.2, -0.15) is 0 Å². The fraction of sp³-hybridized carbons (Fsp3) is 0.900. The summed E-state index contributed by atoms with van der Waals surface area (Å²) >= 11 is 0. The van der Waals surface area contributed by atoms with Crippen LogP contribution in [0.1, 0.15) is 39.5 Å². The number of carbonyl (C=O) groups is 1. The molecule has 0 radical (unpaired) electrons. The molecule has 70 valence electrons. The zero-order chi connectivity index (χ0) is 8.97. The summed E-state index contributed by atoms with van der Waals surface area (Å²) in [6.45, 7) is 4.91. The molecule has 0 aromatic rings. The molecular weight excluding hydrogens is 152 g/mol. The molecule has 0 amide bonds. The Labute approximate surface area is 74.3 Å². The van der Waals surface area contributed by atoms with Crippen LogP contribution in [0.5, 0.6) is 0 Å². The van der Waals surface area contributed by atoms with E-state index < -0.39 is 0 Å². The first-order valence-corrected chi connectivity index (χ1v) is 4.92. The van der Waals surface area contributed by atoms with Gasteiger partial charge in [0, 0.05) is 5.92 Å². The molecule has 2 unspecified atom stereocenters. The summed E-state index contributed by atoms with van der Waals surface area (Å²) < 4.78 is 4.97. The summed E-state index contributed by atoms with van der Waals surface area (Å²) in [7, 11) is 0. The Balaban J connectivity index is 2.25. The summed E-state index contributed by atoms with van der Waals surface area (Å²) in [4.78, 5) is 11.2. The minimum Gasteiger partial charge on any atom is -0.465 e. The SMILES string of the molecule is CCCCCC1C(=O)OCC1C. The van der Waals surface area contributed by atoms with E-state index in [2.05, 4.69) is 13.8 Å². The third kappa shape index (κ3) is 2.23. The van der Waals surface area contributed by atoms with Gasteiger partial charge in [-0.1, -0.05) is 33.1 Å². The van der Waals surface area contributed by atoms with Crippen molar-refractivity contribution in [1.29, 1.82) is 0 Å². The topological polar surface area (TPSA) is 26.3 Å². The number of hydrogen-bond donors (Lipinski definition) is 0. The highest BCUT2D eigenvalue weighted by Crippen LogP contribution is 2.26. The summed E-state index contributed by atoms with van der Waals surface area (Å²) in [5, 5.41) is 0. The predicted octanol–water partition coefficient (Wildman–Crippen LogP) is 2.38. The summed E-state index contributed by atoms with van der Waals surface area (Å²) in [6.07, 6.45) is 4.64. The van der Waals surface area contributed by atoms with Crippen LogP contribution in [0.4, 0.5) is 0 Å². The second kappa shape index (κ2) is 4.48. The number of ether oxygens (including phenoxy) is 1. The molecule has 12 heavy (non-hydrogen) atoms. The van der Waals surface area contributed by atoms with Crippen LogP contribution in [0.3, 0.4) is 0 Å². The molecule has 0 aromatic heterocycles. The van der Waals surface area contributed by atoms with Crippen LogP contribution in [0, 0.1) is 11.8 Å². The highest BCUT2D eigenvalue weighted by Gasteiger charge is 2.32. The third-order valence-electron chi connectivity index (χ3n) is 2.60. The van der Waals surface area contributed by atoms with Gasteiger partial charge in [-0.3, -0.25) is 4.79 Å². The van der Waals surface area contributed by atoms with Crippen LogP contribution in [0.15, 0.2) is 0 Å². The maximum atomic E-state index is 11.2. The normalized spacial score (nSPS) is 29.0. The first-order chi connectivity index (χ1) is 5.75. The van der Waals surface area contributed by atoms with Crippen molar-refractivity contribution in [3.8, 4) is 0 Å². The molecule has 2 heteroatoms. The number of cyclic esters (lactones) is 1. The first kappa shape index (κ1) is 9.56. The summed E-state index contributed by atoms with van der Waals surface area (Å²) in [5.74, 6) is 0.657. The molecule has 1 heterocycles. The molecule has 1 rings (SSSR count). The van der Waals surface area contributed by atoms with Crippen molar-refractivity contribution < 1.29 is 9.53 Å². The highest BCUT2D eigenvalue weighted by molar-refractivity contribution is 5.74. The minimum atomic E-state index is 0.0265. The Kier molecular flexibility index (Phi) is 3.57. The summed E-state index contributed by atoms with van der Waals surface area (Å²) in [5.41, 5.74) is 0. The van der Waals surface area contributed by atoms with Crippen molar-refractivity contribution in [1.82, 2.24) is 0 Å². The minimum absolute atomic E-state index is 0.0265. The molecule has 0 bridgehead atoms. The average molecular weight is 170 g/mol. The predicted molar refractivity (Wildman–Crippen MR) is 47.8 cm³/mol. The molecule has 1 saturated heterocycles. The van der Waals surface area contributed by atoms with E-state index in [0.29, 0.717) is 12.5 Å². The van der Waals surface area contributed by atoms with Crippen molar-refractivity contribution in [2.75, 3.05) is 6.61 Å². The van der Waals surface area contributed by atoms with Crippen molar-refractivity contribution in [3.05, 3.63) is 0 Å². The third-order valence-corrected chi connectivity index (χ3v) is 2.60. The van der Waals surface area contributed by atoms with Gasteiger partial charge in [0.15, 0.2) is 0 Å². The lowest BCUT2D eigenvalue weighted by atomic mass is 9.92. The molecule has 0 spiro atoms. The second-order valence-electron chi connectivity index (χ2n) is 3.71. The van der Waals surface area contributed by atoms with Crippen LogP contribution >= 0.6 is 0 Å². The lowest BCUT2D eigenvalue weighted by Crippen LogP contribution is -2.13. The van der Waals surface area contributed by atoms with E-state index in [1.165, 1.54) is 19.3 Å². The van der Waals surface area contributed by atoms with Gasteiger partial charge in [0.1, 0.15) is 0 Å². The Bertz CT molecular complexity index is 154. The quantitative estimate of drug-likeness (QED) is 0.478. The Morgan fingerprint density at radius 2 is 2.25 bits per heavy atom. The van der Waals surface area contributed by atoms with Gasteiger partial charge < -0.3 is 4.74 Å². The zero-order valence-electron chi connectivity index (χ0n) is 8.01. The lowest BCUT2D eigenvalue weighted by Gasteiger charge is -2.08. The largest absolute Gasteiger partial charge is 0.465 e. The zero-order valence-corrected chi connectivity index (χ0v) is 8.01. The number of esters is 1. The van der Waals surface area contributed by atoms with E-state index in [1.54, 1.807) is 0 Å². The Morgan fingerprint density at radius 1 is 1.50 bits per heavy atom. The molecule has 1 aliphatic heterocycles. The van der Waals surface area contributed by atoms with Gasteiger partial charge >= 0.3 is 5.97 Å². The van der Waals surface area contributed by atoms with Crippen LogP contribution < -0.4 is 0 Å². The molecule has 2 nitrogen and oxygen atoms in total. The van der Waals surface area contributed by atoms with Crippen molar-refractivity contribution in [2.24, 2.45) is 11.8 Å². The van der Waals surface area contributed by atoms with E-state index in [1.807, 2.05) is 0 Å². The van der Waals surface area contributed by atoms with Gasteiger partial charge in [0.2, 0.25) is 0 Å². The number of rotatable bonds is 4. The van der Waals surface area contributed by atoms with E-state index >= 15 is 0 Å². The maximum Gasteiger partial charge on any atom is 0.309 e. The molecule has 0 N–H and O–H groups in total. The second-order valence-corrected chi connectivity index (χ2v) is 3.71. The number of hydrogen-bond acceptors (Lipinski definition) is 2. The van der Waals surface area contributed by atoms with Crippen molar-refractivity contribution in [3.63, 3.8) is 0 Å². The molecule has 0 aliphatic carbocycles. The van der Waals surface area contributed by atoms with Crippen LogP contribution in [-0.2, 0) is 9.53 Å². The molecule has 0 saturated carbocycles. The molecule has 0 aromatic carbocycles. The first-order valence-electron chi connectivity index (χ1n) is 4.92. The average Bonchev–Trinajstić information content (AvgIpc) is 2.35. The fourth-order valence-electron chi connectivity index (χ4n) is 1.69. The summed E-state index contributed by atoms with van der Waals surface area (Å²) in [6, 6.07) is 0. The smallest absolute Gasteiger partial charge is 0.309 e. The van der Waals surface area contributed by atoms with Gasteiger partial charge in [-0.05, 0) is 6.42 Å². The van der Waals surface area contributed by atoms with E-state index in [4.69, 9.17) is 4.74 Å². The number of carbonyl (C=O) groups excluding carboxylic acids is 1. The molecule has 2 atom stereocenters. The van der Waals surface area contributed by atoms with Gasteiger partial charge in [-0.15, -0.1) is 0 Å².